The molecule has 0 aromatic heterocycles. The van der Waals surface area contributed by atoms with E-state index in [1.54, 1.807) is 24.0 Å². The summed E-state index contributed by atoms with van der Waals surface area (Å²) in [6.07, 6.45) is 1.94. The predicted molar refractivity (Wildman–Crippen MR) is 87.9 cm³/mol. The maximum Gasteiger partial charge on any atom is 0.249 e. The number of hydrogen-bond acceptors (Lipinski definition) is 3. The van der Waals surface area contributed by atoms with Crippen molar-refractivity contribution in [2.75, 3.05) is 11.4 Å². The molecule has 0 radical (unpaired) electrons. The fraction of sp³-hybridized carbons (Fsp3) is 0.500. The second-order valence-electron chi connectivity index (χ2n) is 5.92. The van der Waals surface area contributed by atoms with Gasteiger partial charge in [0.15, 0.2) is 0 Å². The average Bonchev–Trinajstić information content (AvgIpc) is 2.81. The van der Waals surface area contributed by atoms with E-state index < -0.39 is 11.6 Å². The van der Waals surface area contributed by atoms with Crippen LogP contribution in [0.5, 0.6) is 0 Å². The fourth-order valence-corrected chi connectivity index (χ4v) is 2.92. The fourth-order valence-electron chi connectivity index (χ4n) is 2.68. The van der Waals surface area contributed by atoms with Gasteiger partial charge in [0.25, 0.3) is 0 Å². The number of halogens is 1. The Morgan fingerprint density at radius 1 is 1.50 bits per heavy atom. The summed E-state index contributed by atoms with van der Waals surface area (Å²) < 4.78 is 0. The van der Waals surface area contributed by atoms with E-state index in [-0.39, 0.29) is 11.8 Å². The van der Waals surface area contributed by atoms with Crippen LogP contribution in [0.1, 0.15) is 33.1 Å². The van der Waals surface area contributed by atoms with E-state index in [4.69, 9.17) is 17.3 Å². The Labute approximate surface area is 135 Å². The predicted octanol–water partition coefficient (Wildman–Crippen LogP) is 2.08. The van der Waals surface area contributed by atoms with Crippen LogP contribution in [0, 0.1) is 0 Å². The lowest BCUT2D eigenvalue weighted by Gasteiger charge is -2.25. The Morgan fingerprint density at radius 2 is 2.18 bits per heavy atom. The number of nitrogens with zero attached hydrogens (tertiary/aromatic N) is 1. The summed E-state index contributed by atoms with van der Waals surface area (Å²) in [4.78, 5) is 26.3. The van der Waals surface area contributed by atoms with Crippen molar-refractivity contribution in [3.05, 3.63) is 29.3 Å². The van der Waals surface area contributed by atoms with Crippen LogP contribution in [0.25, 0.3) is 0 Å². The first-order valence-corrected chi connectivity index (χ1v) is 7.90. The third-order valence-corrected chi connectivity index (χ3v) is 4.26. The van der Waals surface area contributed by atoms with E-state index in [1.807, 2.05) is 19.1 Å². The molecule has 22 heavy (non-hydrogen) atoms. The first-order chi connectivity index (χ1) is 10.4. The molecule has 2 unspecified atom stereocenters. The van der Waals surface area contributed by atoms with Gasteiger partial charge in [0.2, 0.25) is 11.8 Å². The first-order valence-electron chi connectivity index (χ1n) is 7.52. The molecule has 0 saturated carbocycles. The Kier molecular flexibility index (Phi) is 5.08. The molecule has 5 nitrogen and oxygen atoms in total. The minimum Gasteiger partial charge on any atom is -0.343 e. The quantitative estimate of drug-likeness (QED) is 0.871. The molecule has 1 aromatic rings. The summed E-state index contributed by atoms with van der Waals surface area (Å²) in [7, 11) is 0. The Bertz CT molecular complexity index is 574. The van der Waals surface area contributed by atoms with E-state index in [2.05, 4.69) is 5.32 Å². The van der Waals surface area contributed by atoms with Gasteiger partial charge < -0.3 is 16.0 Å². The molecule has 0 bridgehead atoms. The van der Waals surface area contributed by atoms with Gasteiger partial charge in [-0.25, -0.2) is 0 Å². The second-order valence-corrected chi connectivity index (χ2v) is 6.33. The SMILES string of the molecule is CCCC(C)(N)C(=O)NC1CCN(c2ccccc2Cl)C1=O. The van der Waals surface area contributed by atoms with Crippen molar-refractivity contribution in [3.63, 3.8) is 0 Å². The highest BCUT2D eigenvalue weighted by molar-refractivity contribution is 6.34. The summed E-state index contributed by atoms with van der Waals surface area (Å²) in [6.45, 7) is 4.19. The minimum atomic E-state index is -0.952. The van der Waals surface area contributed by atoms with Crippen LogP contribution in [-0.4, -0.2) is 29.9 Å². The summed E-state index contributed by atoms with van der Waals surface area (Å²) in [5.41, 5.74) is 5.73. The molecular weight excluding hydrogens is 302 g/mol. The van der Waals surface area contributed by atoms with Gasteiger partial charge in [0.05, 0.1) is 16.2 Å². The molecule has 1 heterocycles. The van der Waals surface area contributed by atoms with Crippen LogP contribution in [0.2, 0.25) is 5.02 Å². The largest absolute Gasteiger partial charge is 0.343 e. The molecule has 120 valence electrons. The maximum atomic E-state index is 12.5. The van der Waals surface area contributed by atoms with Gasteiger partial charge >= 0.3 is 0 Å². The van der Waals surface area contributed by atoms with Crippen molar-refractivity contribution in [1.29, 1.82) is 0 Å². The Hall–Kier alpha value is -1.59. The number of benzene rings is 1. The van der Waals surface area contributed by atoms with Crippen LogP contribution < -0.4 is 16.0 Å². The van der Waals surface area contributed by atoms with E-state index >= 15 is 0 Å². The zero-order valence-electron chi connectivity index (χ0n) is 12.9. The van der Waals surface area contributed by atoms with Crippen molar-refractivity contribution < 1.29 is 9.59 Å². The van der Waals surface area contributed by atoms with Crippen LogP contribution in [0.4, 0.5) is 5.69 Å². The number of carbonyl (C=O) groups excluding carboxylic acids is 2. The molecule has 2 atom stereocenters. The van der Waals surface area contributed by atoms with Gasteiger partial charge in [0, 0.05) is 6.54 Å². The Morgan fingerprint density at radius 3 is 2.82 bits per heavy atom. The van der Waals surface area contributed by atoms with Gasteiger partial charge in [-0.1, -0.05) is 37.1 Å². The van der Waals surface area contributed by atoms with E-state index in [0.717, 1.165) is 6.42 Å². The summed E-state index contributed by atoms with van der Waals surface area (Å²) in [5.74, 6) is -0.428. The Balaban J connectivity index is 2.06. The van der Waals surface area contributed by atoms with E-state index in [1.165, 1.54) is 0 Å². The first kappa shape index (κ1) is 16.8. The lowest BCUT2D eigenvalue weighted by molar-refractivity contribution is -0.130. The summed E-state index contributed by atoms with van der Waals surface area (Å²) >= 11 is 6.14. The van der Waals surface area contributed by atoms with Crippen molar-refractivity contribution in [3.8, 4) is 0 Å². The van der Waals surface area contributed by atoms with Crippen LogP contribution in [0.3, 0.4) is 0 Å². The number of nitrogens with two attached hydrogens (primary N) is 1. The number of rotatable bonds is 5. The molecule has 0 spiro atoms. The molecule has 1 aromatic carbocycles. The van der Waals surface area contributed by atoms with Crippen LogP contribution in [0.15, 0.2) is 24.3 Å². The molecule has 6 heteroatoms. The molecule has 2 rings (SSSR count). The highest BCUT2D eigenvalue weighted by atomic mass is 35.5. The van der Waals surface area contributed by atoms with Crippen molar-refractivity contribution in [2.24, 2.45) is 5.73 Å². The lowest BCUT2D eigenvalue weighted by atomic mass is 9.96. The number of anilines is 1. The number of para-hydroxylation sites is 1. The lowest BCUT2D eigenvalue weighted by Crippen LogP contribution is -2.55. The molecule has 1 aliphatic heterocycles. The highest BCUT2D eigenvalue weighted by Gasteiger charge is 2.37. The van der Waals surface area contributed by atoms with Gasteiger partial charge in [-0.15, -0.1) is 0 Å². The zero-order valence-corrected chi connectivity index (χ0v) is 13.7. The van der Waals surface area contributed by atoms with E-state index in [9.17, 15) is 9.59 Å². The maximum absolute atomic E-state index is 12.5. The number of hydrogen-bond donors (Lipinski definition) is 2. The summed E-state index contributed by atoms with van der Waals surface area (Å²) in [5, 5.41) is 3.30. The second kappa shape index (κ2) is 6.67. The molecule has 3 N–H and O–H groups in total. The standard InChI is InChI=1S/C16H22ClN3O2/c1-3-9-16(2,18)15(22)19-12-8-10-20(14(12)21)13-7-5-4-6-11(13)17/h4-7,12H,3,8-10,18H2,1-2H3,(H,19,22). The molecular formula is C16H22ClN3O2. The third kappa shape index (κ3) is 3.42. The molecule has 1 fully saturated rings. The normalized spacial score (nSPS) is 20.8. The van der Waals surface area contributed by atoms with Crippen LogP contribution >= 0.6 is 11.6 Å². The molecule has 1 saturated heterocycles. The van der Waals surface area contributed by atoms with Gasteiger partial charge in [-0.3, -0.25) is 9.59 Å². The number of carbonyl (C=O) groups is 2. The average molecular weight is 324 g/mol. The highest BCUT2D eigenvalue weighted by Crippen LogP contribution is 2.29. The van der Waals surface area contributed by atoms with Gasteiger partial charge in [-0.2, -0.15) is 0 Å². The van der Waals surface area contributed by atoms with Crippen molar-refractivity contribution >= 4 is 29.1 Å². The van der Waals surface area contributed by atoms with Gasteiger partial charge in [0.1, 0.15) is 6.04 Å². The smallest absolute Gasteiger partial charge is 0.249 e. The summed E-state index contributed by atoms with van der Waals surface area (Å²) in [6, 6.07) is 6.65. The minimum absolute atomic E-state index is 0.145. The van der Waals surface area contributed by atoms with Crippen molar-refractivity contribution in [1.82, 2.24) is 5.32 Å². The zero-order chi connectivity index (χ0) is 16.3. The van der Waals surface area contributed by atoms with Gasteiger partial charge in [-0.05, 0) is 31.9 Å². The third-order valence-electron chi connectivity index (χ3n) is 3.94. The molecule has 1 aliphatic rings. The number of amides is 2. The van der Waals surface area contributed by atoms with Crippen molar-refractivity contribution in [2.45, 2.75) is 44.7 Å². The molecule has 0 aliphatic carbocycles. The topological polar surface area (TPSA) is 75.4 Å². The van der Waals surface area contributed by atoms with E-state index in [0.29, 0.717) is 30.1 Å². The van der Waals surface area contributed by atoms with Crippen LogP contribution in [-0.2, 0) is 9.59 Å². The monoisotopic (exact) mass is 323 g/mol. The molecule has 2 amide bonds. The number of nitrogens with one attached hydrogen (secondary N) is 1.